The zero-order valence-electron chi connectivity index (χ0n) is 11.5. The summed E-state index contributed by atoms with van der Waals surface area (Å²) in [7, 11) is 0. The molecule has 1 heterocycles. The third kappa shape index (κ3) is 3.36. The SMILES string of the molecule is C=C(NC1=C(CC)C(=O)NCC1)C(/C=C\C)=C\C. The molecule has 98 valence electrons. The topological polar surface area (TPSA) is 41.1 Å². The highest BCUT2D eigenvalue weighted by Gasteiger charge is 2.18. The zero-order chi connectivity index (χ0) is 13.5. The Kier molecular flexibility index (Phi) is 5.43. The lowest BCUT2D eigenvalue weighted by Gasteiger charge is -2.22. The number of hydrogen-bond donors (Lipinski definition) is 2. The van der Waals surface area contributed by atoms with Crippen LogP contribution in [0.15, 0.2) is 47.3 Å². The van der Waals surface area contributed by atoms with Gasteiger partial charge in [0.15, 0.2) is 0 Å². The van der Waals surface area contributed by atoms with Crippen molar-refractivity contribution < 1.29 is 4.79 Å². The van der Waals surface area contributed by atoms with Gasteiger partial charge < -0.3 is 10.6 Å². The molecule has 1 aliphatic heterocycles. The number of amides is 1. The first kappa shape index (κ1) is 14.3. The minimum atomic E-state index is 0.0344. The van der Waals surface area contributed by atoms with Crippen molar-refractivity contribution in [2.45, 2.75) is 33.6 Å². The zero-order valence-corrected chi connectivity index (χ0v) is 11.5. The second kappa shape index (κ2) is 6.84. The Morgan fingerprint density at radius 2 is 2.22 bits per heavy atom. The minimum Gasteiger partial charge on any atom is -0.358 e. The van der Waals surface area contributed by atoms with Crippen molar-refractivity contribution in [3.8, 4) is 0 Å². The Morgan fingerprint density at radius 3 is 2.78 bits per heavy atom. The number of carbonyl (C=O) groups excluding carboxylic acids is 1. The predicted octanol–water partition coefficient (Wildman–Crippen LogP) is 2.80. The van der Waals surface area contributed by atoms with Crippen molar-refractivity contribution in [3.05, 3.63) is 47.3 Å². The second-order valence-electron chi connectivity index (χ2n) is 4.16. The van der Waals surface area contributed by atoms with Gasteiger partial charge in [-0.2, -0.15) is 0 Å². The fraction of sp³-hybridized carbons (Fsp3) is 0.400. The van der Waals surface area contributed by atoms with Crippen LogP contribution in [0.2, 0.25) is 0 Å². The third-order valence-corrected chi connectivity index (χ3v) is 2.96. The molecule has 0 aromatic carbocycles. The van der Waals surface area contributed by atoms with Crippen LogP contribution < -0.4 is 10.6 Å². The summed E-state index contributed by atoms with van der Waals surface area (Å²) in [5, 5.41) is 6.15. The molecule has 0 spiro atoms. The van der Waals surface area contributed by atoms with Crippen molar-refractivity contribution in [1.29, 1.82) is 0 Å². The van der Waals surface area contributed by atoms with Crippen molar-refractivity contribution in [1.82, 2.24) is 10.6 Å². The molecule has 1 aliphatic rings. The van der Waals surface area contributed by atoms with E-state index >= 15 is 0 Å². The van der Waals surface area contributed by atoms with Crippen molar-refractivity contribution in [2.75, 3.05) is 6.54 Å². The van der Waals surface area contributed by atoms with E-state index in [1.165, 1.54) is 0 Å². The van der Waals surface area contributed by atoms with E-state index in [-0.39, 0.29) is 5.91 Å². The van der Waals surface area contributed by atoms with Gasteiger partial charge in [0.25, 0.3) is 0 Å². The molecule has 3 heteroatoms. The molecular formula is C15H22N2O. The highest BCUT2D eigenvalue weighted by atomic mass is 16.1. The smallest absolute Gasteiger partial charge is 0.248 e. The summed E-state index contributed by atoms with van der Waals surface area (Å²) < 4.78 is 0. The summed E-state index contributed by atoms with van der Waals surface area (Å²) in [6.07, 6.45) is 7.55. The average molecular weight is 246 g/mol. The van der Waals surface area contributed by atoms with E-state index in [4.69, 9.17) is 0 Å². The van der Waals surface area contributed by atoms with Crippen LogP contribution in [0.5, 0.6) is 0 Å². The fourth-order valence-electron chi connectivity index (χ4n) is 2.01. The van der Waals surface area contributed by atoms with Gasteiger partial charge in [-0.1, -0.05) is 31.7 Å². The maximum atomic E-state index is 11.7. The molecule has 2 N–H and O–H groups in total. The normalized spacial score (nSPS) is 17.1. The molecular weight excluding hydrogens is 224 g/mol. The largest absolute Gasteiger partial charge is 0.358 e. The van der Waals surface area contributed by atoms with Gasteiger partial charge in [0.05, 0.1) is 0 Å². The Hall–Kier alpha value is -1.77. The van der Waals surface area contributed by atoms with E-state index in [1.807, 2.05) is 39.0 Å². The molecule has 0 bridgehead atoms. The Morgan fingerprint density at radius 1 is 1.50 bits per heavy atom. The molecule has 0 saturated carbocycles. The van der Waals surface area contributed by atoms with Crippen LogP contribution in [-0.4, -0.2) is 12.5 Å². The molecule has 0 aliphatic carbocycles. The van der Waals surface area contributed by atoms with Crippen molar-refractivity contribution >= 4 is 5.91 Å². The van der Waals surface area contributed by atoms with Crippen LogP contribution in [0.25, 0.3) is 0 Å². The number of rotatable bonds is 5. The van der Waals surface area contributed by atoms with Crippen LogP contribution in [-0.2, 0) is 4.79 Å². The van der Waals surface area contributed by atoms with Crippen LogP contribution in [0.1, 0.15) is 33.6 Å². The first-order valence-electron chi connectivity index (χ1n) is 6.39. The quantitative estimate of drug-likeness (QED) is 0.732. The van der Waals surface area contributed by atoms with E-state index in [0.29, 0.717) is 6.54 Å². The minimum absolute atomic E-state index is 0.0344. The number of hydrogen-bond acceptors (Lipinski definition) is 2. The van der Waals surface area contributed by atoms with E-state index in [9.17, 15) is 4.79 Å². The van der Waals surface area contributed by atoms with E-state index in [0.717, 1.165) is 35.4 Å². The molecule has 0 radical (unpaired) electrons. The van der Waals surface area contributed by atoms with Gasteiger partial charge in [0.2, 0.25) is 5.91 Å². The molecule has 3 nitrogen and oxygen atoms in total. The van der Waals surface area contributed by atoms with Gasteiger partial charge in [-0.05, 0) is 25.8 Å². The van der Waals surface area contributed by atoms with Crippen LogP contribution in [0.4, 0.5) is 0 Å². The van der Waals surface area contributed by atoms with E-state index < -0.39 is 0 Å². The van der Waals surface area contributed by atoms with Gasteiger partial charge in [-0.25, -0.2) is 0 Å². The second-order valence-corrected chi connectivity index (χ2v) is 4.16. The van der Waals surface area contributed by atoms with Crippen molar-refractivity contribution in [2.24, 2.45) is 0 Å². The Bertz CT molecular complexity index is 428. The molecule has 0 aromatic heterocycles. The van der Waals surface area contributed by atoms with Gasteiger partial charge in [-0.15, -0.1) is 0 Å². The monoisotopic (exact) mass is 246 g/mol. The maximum absolute atomic E-state index is 11.7. The van der Waals surface area contributed by atoms with Gasteiger partial charge in [0.1, 0.15) is 0 Å². The summed E-state index contributed by atoms with van der Waals surface area (Å²) in [5.74, 6) is 0.0344. The van der Waals surface area contributed by atoms with E-state index in [1.54, 1.807) is 0 Å². The van der Waals surface area contributed by atoms with Gasteiger partial charge in [0, 0.05) is 29.9 Å². The highest BCUT2D eigenvalue weighted by molar-refractivity contribution is 5.94. The summed E-state index contributed by atoms with van der Waals surface area (Å²) in [6, 6.07) is 0. The summed E-state index contributed by atoms with van der Waals surface area (Å²) >= 11 is 0. The van der Waals surface area contributed by atoms with Gasteiger partial charge >= 0.3 is 0 Å². The lowest BCUT2D eigenvalue weighted by atomic mass is 10.0. The highest BCUT2D eigenvalue weighted by Crippen LogP contribution is 2.17. The summed E-state index contributed by atoms with van der Waals surface area (Å²) in [4.78, 5) is 11.7. The lowest BCUT2D eigenvalue weighted by molar-refractivity contribution is -0.118. The predicted molar refractivity (Wildman–Crippen MR) is 75.8 cm³/mol. The number of allylic oxidation sites excluding steroid dienone is 3. The standard InChI is InChI=1S/C15H22N2O/c1-5-8-12(6-2)11(4)17-14-9-10-16-15(18)13(14)7-3/h5-6,8,17H,4,7,9-10H2,1-3H3,(H,16,18)/b8-5-,12-6-. The van der Waals surface area contributed by atoms with Gasteiger partial charge in [-0.3, -0.25) is 4.79 Å². The maximum Gasteiger partial charge on any atom is 0.248 e. The lowest BCUT2D eigenvalue weighted by Crippen LogP contribution is -2.35. The Labute approximate surface area is 109 Å². The van der Waals surface area contributed by atoms with Crippen LogP contribution >= 0.6 is 0 Å². The molecule has 0 aromatic rings. The first-order chi connectivity index (χ1) is 8.63. The molecule has 0 saturated heterocycles. The number of carbonyl (C=O) groups is 1. The molecule has 0 atom stereocenters. The third-order valence-electron chi connectivity index (χ3n) is 2.96. The molecule has 18 heavy (non-hydrogen) atoms. The van der Waals surface area contributed by atoms with E-state index in [2.05, 4.69) is 17.2 Å². The summed E-state index contributed by atoms with van der Waals surface area (Å²) in [5.41, 5.74) is 3.71. The molecule has 0 fully saturated rings. The Balaban J connectivity index is 2.89. The number of nitrogens with one attached hydrogen (secondary N) is 2. The summed E-state index contributed by atoms with van der Waals surface area (Å²) in [6.45, 7) is 10.7. The molecule has 0 unspecified atom stereocenters. The molecule has 1 rings (SSSR count). The molecule has 1 amide bonds. The van der Waals surface area contributed by atoms with Crippen molar-refractivity contribution in [3.63, 3.8) is 0 Å². The average Bonchev–Trinajstić information content (AvgIpc) is 2.36. The first-order valence-corrected chi connectivity index (χ1v) is 6.39. The van der Waals surface area contributed by atoms with Crippen LogP contribution in [0, 0.1) is 0 Å². The fourth-order valence-corrected chi connectivity index (χ4v) is 2.01. The van der Waals surface area contributed by atoms with Crippen LogP contribution in [0.3, 0.4) is 0 Å².